The molecule has 0 saturated heterocycles. The van der Waals surface area contributed by atoms with Crippen molar-refractivity contribution < 1.29 is 0 Å². The van der Waals surface area contributed by atoms with Crippen LogP contribution in [0.2, 0.25) is 5.02 Å². The minimum Gasteiger partial charge on any atom is -0.305 e. The number of rotatable bonds is 5. The molecule has 4 heteroatoms. The molecule has 130 valence electrons. The summed E-state index contributed by atoms with van der Waals surface area (Å²) in [7, 11) is 0. The van der Waals surface area contributed by atoms with Gasteiger partial charge in [-0.25, -0.2) is 4.98 Å². The Morgan fingerprint density at radius 3 is 2.46 bits per heavy atom. The first-order valence-corrected chi connectivity index (χ1v) is 9.10. The summed E-state index contributed by atoms with van der Waals surface area (Å²) in [5.41, 5.74) is 5.49. The summed E-state index contributed by atoms with van der Waals surface area (Å²) in [4.78, 5) is 4.85. The van der Waals surface area contributed by atoms with Gasteiger partial charge in [0, 0.05) is 29.4 Å². The van der Waals surface area contributed by atoms with Gasteiger partial charge in [0.05, 0.1) is 11.4 Å². The summed E-state index contributed by atoms with van der Waals surface area (Å²) in [5, 5.41) is 4.38. The van der Waals surface area contributed by atoms with E-state index < -0.39 is 0 Å². The van der Waals surface area contributed by atoms with E-state index in [9.17, 15) is 0 Å². The number of aromatic nitrogens is 2. The number of pyridine rings is 1. The highest BCUT2D eigenvalue weighted by molar-refractivity contribution is 6.30. The Kier molecular flexibility index (Phi) is 4.74. The molecular weight excluding hydrogens is 342 g/mol. The van der Waals surface area contributed by atoms with Crippen molar-refractivity contribution in [3.63, 3.8) is 0 Å². The van der Waals surface area contributed by atoms with Gasteiger partial charge in [0.1, 0.15) is 5.65 Å². The lowest BCUT2D eigenvalue weighted by atomic mass is 10.1. The number of imidazole rings is 1. The molecule has 26 heavy (non-hydrogen) atoms. The lowest BCUT2D eigenvalue weighted by Gasteiger charge is -2.15. The summed E-state index contributed by atoms with van der Waals surface area (Å²) in [6.45, 7) is 2.88. The van der Waals surface area contributed by atoms with Gasteiger partial charge in [-0.1, -0.05) is 60.1 Å². The second-order valence-electron chi connectivity index (χ2n) is 6.36. The average Bonchev–Trinajstić information content (AvgIpc) is 3.06. The molecule has 1 unspecified atom stereocenters. The van der Waals surface area contributed by atoms with E-state index in [1.807, 2.05) is 48.5 Å². The SMILES string of the molecule is CC(NCc1c(-c2ccccc2)nc2ccccn12)c1ccc(Cl)cc1. The zero-order chi connectivity index (χ0) is 17.9. The fourth-order valence-electron chi connectivity index (χ4n) is 3.16. The molecule has 0 bridgehead atoms. The molecule has 0 aliphatic carbocycles. The Hall–Kier alpha value is -2.62. The molecule has 0 amide bonds. The van der Waals surface area contributed by atoms with Gasteiger partial charge in [0.25, 0.3) is 0 Å². The van der Waals surface area contributed by atoms with Gasteiger partial charge in [0.2, 0.25) is 0 Å². The fraction of sp³-hybridized carbons (Fsp3) is 0.136. The molecular formula is C22H20ClN3. The Bertz CT molecular complexity index is 1010. The minimum absolute atomic E-state index is 0.213. The molecule has 0 radical (unpaired) electrons. The van der Waals surface area contributed by atoms with Gasteiger partial charge in [-0.05, 0) is 36.8 Å². The third-order valence-corrected chi connectivity index (χ3v) is 4.87. The monoisotopic (exact) mass is 361 g/mol. The number of fused-ring (bicyclic) bond motifs is 1. The number of halogens is 1. The fourth-order valence-corrected chi connectivity index (χ4v) is 3.29. The average molecular weight is 362 g/mol. The van der Waals surface area contributed by atoms with E-state index in [-0.39, 0.29) is 6.04 Å². The molecule has 0 aliphatic rings. The molecule has 3 nitrogen and oxygen atoms in total. The van der Waals surface area contributed by atoms with Crippen molar-refractivity contribution in [3.8, 4) is 11.3 Å². The first-order valence-electron chi connectivity index (χ1n) is 8.72. The molecule has 2 aromatic heterocycles. The summed E-state index contributed by atoms with van der Waals surface area (Å²) in [6.07, 6.45) is 2.07. The maximum absolute atomic E-state index is 6.00. The smallest absolute Gasteiger partial charge is 0.137 e. The molecule has 2 aromatic carbocycles. The second-order valence-corrected chi connectivity index (χ2v) is 6.79. The largest absolute Gasteiger partial charge is 0.305 e. The Balaban J connectivity index is 1.66. The number of benzene rings is 2. The Morgan fingerprint density at radius 1 is 0.962 bits per heavy atom. The third-order valence-electron chi connectivity index (χ3n) is 4.62. The van der Waals surface area contributed by atoms with E-state index in [0.29, 0.717) is 0 Å². The van der Waals surface area contributed by atoms with Gasteiger partial charge in [-0.2, -0.15) is 0 Å². The highest BCUT2D eigenvalue weighted by atomic mass is 35.5. The minimum atomic E-state index is 0.213. The normalized spacial score (nSPS) is 12.4. The van der Waals surface area contributed by atoms with Crippen molar-refractivity contribution in [1.29, 1.82) is 0 Å². The van der Waals surface area contributed by atoms with Crippen LogP contribution < -0.4 is 5.32 Å². The summed E-state index contributed by atoms with van der Waals surface area (Å²) < 4.78 is 2.16. The highest BCUT2D eigenvalue weighted by Gasteiger charge is 2.14. The molecule has 1 N–H and O–H groups in total. The first-order chi connectivity index (χ1) is 12.7. The van der Waals surface area contributed by atoms with Crippen LogP contribution >= 0.6 is 11.6 Å². The Labute approximate surface area is 158 Å². The van der Waals surface area contributed by atoms with Gasteiger partial charge < -0.3 is 9.72 Å². The molecule has 1 atom stereocenters. The van der Waals surface area contributed by atoms with Crippen LogP contribution in [-0.2, 0) is 6.54 Å². The zero-order valence-electron chi connectivity index (χ0n) is 14.6. The quantitative estimate of drug-likeness (QED) is 0.508. The molecule has 4 aromatic rings. The maximum Gasteiger partial charge on any atom is 0.137 e. The summed E-state index contributed by atoms with van der Waals surface area (Å²) in [6, 6.07) is 24.6. The number of hydrogen-bond donors (Lipinski definition) is 1. The lowest BCUT2D eigenvalue weighted by molar-refractivity contribution is 0.566. The highest BCUT2D eigenvalue weighted by Crippen LogP contribution is 2.25. The maximum atomic E-state index is 6.00. The summed E-state index contributed by atoms with van der Waals surface area (Å²) >= 11 is 6.00. The van der Waals surface area contributed by atoms with E-state index in [1.54, 1.807) is 0 Å². The van der Waals surface area contributed by atoms with Gasteiger partial charge in [-0.3, -0.25) is 0 Å². The van der Waals surface area contributed by atoms with Crippen molar-refractivity contribution in [2.45, 2.75) is 19.5 Å². The Morgan fingerprint density at radius 2 is 1.69 bits per heavy atom. The van der Waals surface area contributed by atoms with Crippen LogP contribution in [0.4, 0.5) is 0 Å². The zero-order valence-corrected chi connectivity index (χ0v) is 15.3. The van der Waals surface area contributed by atoms with E-state index in [4.69, 9.17) is 16.6 Å². The lowest BCUT2D eigenvalue weighted by Crippen LogP contribution is -2.19. The van der Waals surface area contributed by atoms with E-state index in [0.717, 1.165) is 34.2 Å². The van der Waals surface area contributed by atoms with Gasteiger partial charge >= 0.3 is 0 Å². The van der Waals surface area contributed by atoms with Crippen molar-refractivity contribution in [1.82, 2.24) is 14.7 Å². The molecule has 4 rings (SSSR count). The van der Waals surface area contributed by atoms with Gasteiger partial charge in [0.15, 0.2) is 0 Å². The standard InChI is InChI=1S/C22H20ClN3/c1-16(17-10-12-19(23)13-11-17)24-15-20-22(18-7-3-2-4-8-18)25-21-9-5-6-14-26(20)21/h2-14,16,24H,15H2,1H3. The topological polar surface area (TPSA) is 29.3 Å². The molecule has 0 fully saturated rings. The van der Waals surface area contributed by atoms with E-state index >= 15 is 0 Å². The third kappa shape index (κ3) is 3.36. The number of nitrogens with zero attached hydrogens (tertiary/aromatic N) is 2. The van der Waals surface area contributed by atoms with Crippen LogP contribution in [0, 0.1) is 0 Å². The van der Waals surface area contributed by atoms with Crippen molar-refractivity contribution in [2.24, 2.45) is 0 Å². The molecule has 2 heterocycles. The van der Waals surface area contributed by atoms with Crippen molar-refractivity contribution in [3.05, 3.63) is 95.3 Å². The predicted octanol–water partition coefficient (Wildman–Crippen LogP) is 5.51. The van der Waals surface area contributed by atoms with Crippen molar-refractivity contribution in [2.75, 3.05) is 0 Å². The number of nitrogens with one attached hydrogen (secondary N) is 1. The number of hydrogen-bond acceptors (Lipinski definition) is 2. The predicted molar refractivity (Wildman–Crippen MR) is 107 cm³/mol. The van der Waals surface area contributed by atoms with Crippen LogP contribution in [0.15, 0.2) is 79.0 Å². The molecule has 0 spiro atoms. The van der Waals surface area contributed by atoms with Crippen LogP contribution in [0.1, 0.15) is 24.2 Å². The van der Waals surface area contributed by atoms with Crippen LogP contribution in [0.25, 0.3) is 16.9 Å². The van der Waals surface area contributed by atoms with Gasteiger partial charge in [-0.15, -0.1) is 0 Å². The van der Waals surface area contributed by atoms with Crippen molar-refractivity contribution >= 4 is 17.2 Å². The molecule has 0 saturated carbocycles. The van der Waals surface area contributed by atoms with E-state index in [2.05, 4.69) is 47.1 Å². The summed E-state index contributed by atoms with van der Waals surface area (Å²) in [5.74, 6) is 0. The molecule has 0 aliphatic heterocycles. The van der Waals surface area contributed by atoms with Crippen LogP contribution in [-0.4, -0.2) is 9.38 Å². The van der Waals surface area contributed by atoms with E-state index in [1.165, 1.54) is 5.56 Å². The first kappa shape index (κ1) is 16.8. The second kappa shape index (κ2) is 7.32. The van der Waals surface area contributed by atoms with Crippen LogP contribution in [0.5, 0.6) is 0 Å². The van der Waals surface area contributed by atoms with Crippen LogP contribution in [0.3, 0.4) is 0 Å².